The van der Waals surface area contributed by atoms with Crippen molar-refractivity contribution in [2.24, 2.45) is 4.99 Å². The molecule has 0 spiro atoms. The molecular formula is C19H28F4N4O. The average molecular weight is 404 g/mol. The Bertz CT molecular complexity index is 607. The summed E-state index contributed by atoms with van der Waals surface area (Å²) < 4.78 is 55.8. The van der Waals surface area contributed by atoms with Crippen molar-refractivity contribution >= 4 is 5.96 Å². The molecule has 0 bridgehead atoms. The van der Waals surface area contributed by atoms with Crippen molar-refractivity contribution < 1.29 is 22.3 Å². The van der Waals surface area contributed by atoms with Gasteiger partial charge < -0.3 is 15.4 Å². The van der Waals surface area contributed by atoms with Crippen LogP contribution in [-0.2, 0) is 0 Å². The SMILES string of the molecule is CCNC(=NCCCCOc1ccc(F)cc1)NC1CCN(CC(F)(F)F)C1. The lowest BCUT2D eigenvalue weighted by Crippen LogP contribution is -2.45. The molecule has 158 valence electrons. The first-order chi connectivity index (χ1) is 13.4. The lowest BCUT2D eigenvalue weighted by molar-refractivity contribution is -0.143. The van der Waals surface area contributed by atoms with Crippen molar-refractivity contribution in [1.29, 1.82) is 0 Å². The molecular weight excluding hydrogens is 376 g/mol. The van der Waals surface area contributed by atoms with E-state index in [0.29, 0.717) is 50.9 Å². The van der Waals surface area contributed by atoms with Crippen LogP contribution in [0.15, 0.2) is 29.3 Å². The van der Waals surface area contributed by atoms with Crippen LogP contribution in [0.5, 0.6) is 5.75 Å². The van der Waals surface area contributed by atoms with Crippen LogP contribution in [0, 0.1) is 5.82 Å². The number of rotatable bonds is 9. The van der Waals surface area contributed by atoms with E-state index in [1.807, 2.05) is 6.92 Å². The van der Waals surface area contributed by atoms with Gasteiger partial charge in [0.25, 0.3) is 0 Å². The van der Waals surface area contributed by atoms with Gasteiger partial charge >= 0.3 is 6.18 Å². The highest BCUT2D eigenvalue weighted by Gasteiger charge is 2.34. The van der Waals surface area contributed by atoms with Crippen molar-refractivity contribution in [2.45, 2.75) is 38.4 Å². The van der Waals surface area contributed by atoms with Gasteiger partial charge in [0.05, 0.1) is 13.2 Å². The molecule has 5 nitrogen and oxygen atoms in total. The lowest BCUT2D eigenvalue weighted by atomic mass is 10.3. The van der Waals surface area contributed by atoms with Crippen LogP contribution in [0.3, 0.4) is 0 Å². The molecule has 1 aliphatic rings. The van der Waals surface area contributed by atoms with Crippen LogP contribution in [0.1, 0.15) is 26.2 Å². The van der Waals surface area contributed by atoms with Gasteiger partial charge in [0.15, 0.2) is 5.96 Å². The van der Waals surface area contributed by atoms with E-state index in [9.17, 15) is 17.6 Å². The number of likely N-dealkylation sites (tertiary alicyclic amines) is 1. The molecule has 1 aliphatic heterocycles. The van der Waals surface area contributed by atoms with Crippen LogP contribution in [0.2, 0.25) is 0 Å². The number of hydrogen-bond acceptors (Lipinski definition) is 3. The number of hydrogen-bond donors (Lipinski definition) is 2. The number of unbranched alkanes of at least 4 members (excludes halogenated alkanes) is 1. The molecule has 9 heteroatoms. The fraction of sp³-hybridized carbons (Fsp3) is 0.632. The van der Waals surface area contributed by atoms with Gasteiger partial charge in [-0.1, -0.05) is 0 Å². The largest absolute Gasteiger partial charge is 0.494 e. The third kappa shape index (κ3) is 8.77. The minimum atomic E-state index is -4.16. The Morgan fingerprint density at radius 1 is 1.25 bits per heavy atom. The Hall–Kier alpha value is -2.03. The Labute approximate surface area is 163 Å². The summed E-state index contributed by atoms with van der Waals surface area (Å²) >= 11 is 0. The minimum absolute atomic E-state index is 0.0399. The number of aliphatic imine (C=N–C) groups is 1. The summed E-state index contributed by atoms with van der Waals surface area (Å²) in [5.74, 6) is 0.958. The van der Waals surface area contributed by atoms with Gasteiger partial charge in [0.2, 0.25) is 0 Å². The maximum atomic E-state index is 12.8. The van der Waals surface area contributed by atoms with E-state index in [0.717, 1.165) is 12.8 Å². The molecule has 2 N–H and O–H groups in total. The van der Waals surface area contributed by atoms with E-state index in [1.165, 1.54) is 17.0 Å². The van der Waals surface area contributed by atoms with E-state index in [2.05, 4.69) is 15.6 Å². The van der Waals surface area contributed by atoms with Gasteiger partial charge in [-0.15, -0.1) is 0 Å². The molecule has 28 heavy (non-hydrogen) atoms. The van der Waals surface area contributed by atoms with E-state index in [-0.39, 0.29) is 11.9 Å². The number of ether oxygens (including phenoxy) is 1. The standard InChI is InChI=1S/C19H28F4N4O/c1-2-24-18(26-16-9-11-27(13-16)14-19(21,22)23)25-10-3-4-12-28-17-7-5-15(20)6-8-17/h5-8,16H,2-4,9-14H2,1H3,(H2,24,25,26). The Kier molecular flexibility index (Phi) is 8.82. The molecule has 1 heterocycles. The molecule has 1 aromatic rings. The summed E-state index contributed by atoms with van der Waals surface area (Å²) in [7, 11) is 0. The second-order valence-electron chi connectivity index (χ2n) is 6.75. The summed E-state index contributed by atoms with van der Waals surface area (Å²) in [5, 5.41) is 6.34. The zero-order chi connectivity index (χ0) is 20.4. The van der Waals surface area contributed by atoms with E-state index < -0.39 is 12.7 Å². The van der Waals surface area contributed by atoms with Gasteiger partial charge in [-0.25, -0.2) is 4.39 Å². The van der Waals surface area contributed by atoms with E-state index in [1.54, 1.807) is 12.1 Å². The molecule has 0 aromatic heterocycles. The molecule has 0 aliphatic carbocycles. The first-order valence-corrected chi connectivity index (χ1v) is 9.58. The highest BCUT2D eigenvalue weighted by molar-refractivity contribution is 5.80. The van der Waals surface area contributed by atoms with Crippen molar-refractivity contribution in [1.82, 2.24) is 15.5 Å². The number of halogens is 4. The summed E-state index contributed by atoms with van der Waals surface area (Å²) in [6, 6.07) is 5.84. The van der Waals surface area contributed by atoms with Crippen molar-refractivity contribution in [3.8, 4) is 5.75 Å². The molecule has 1 atom stereocenters. The first-order valence-electron chi connectivity index (χ1n) is 9.58. The number of guanidine groups is 1. The molecule has 0 saturated carbocycles. The molecule has 1 saturated heterocycles. The zero-order valence-corrected chi connectivity index (χ0v) is 16.1. The molecule has 1 aromatic carbocycles. The first kappa shape index (κ1) is 22.3. The smallest absolute Gasteiger partial charge is 0.401 e. The van der Waals surface area contributed by atoms with E-state index >= 15 is 0 Å². The van der Waals surface area contributed by atoms with Crippen LogP contribution < -0.4 is 15.4 Å². The van der Waals surface area contributed by atoms with Crippen LogP contribution in [0.25, 0.3) is 0 Å². The van der Waals surface area contributed by atoms with Crippen LogP contribution in [-0.4, -0.2) is 62.4 Å². The second-order valence-corrected chi connectivity index (χ2v) is 6.75. The predicted octanol–water partition coefficient (Wildman–Crippen LogP) is 3.18. The number of nitrogens with zero attached hydrogens (tertiary/aromatic N) is 2. The normalized spacial score (nSPS) is 18.3. The summed E-state index contributed by atoms with van der Waals surface area (Å²) in [6.07, 6.45) is -1.90. The van der Waals surface area contributed by atoms with Gasteiger partial charge in [-0.3, -0.25) is 9.89 Å². The topological polar surface area (TPSA) is 48.9 Å². The summed E-state index contributed by atoms with van der Waals surface area (Å²) in [6.45, 7) is 3.64. The fourth-order valence-electron chi connectivity index (χ4n) is 2.99. The second kappa shape index (κ2) is 11.1. The van der Waals surface area contributed by atoms with Crippen molar-refractivity contribution in [3.05, 3.63) is 30.1 Å². The van der Waals surface area contributed by atoms with Crippen LogP contribution in [0.4, 0.5) is 17.6 Å². The third-order valence-electron chi connectivity index (χ3n) is 4.27. The molecule has 0 radical (unpaired) electrons. The van der Waals surface area contributed by atoms with Crippen molar-refractivity contribution in [3.63, 3.8) is 0 Å². The Morgan fingerprint density at radius 3 is 2.68 bits per heavy atom. The van der Waals surface area contributed by atoms with Crippen LogP contribution >= 0.6 is 0 Å². The fourth-order valence-corrected chi connectivity index (χ4v) is 2.99. The average Bonchev–Trinajstić information content (AvgIpc) is 3.04. The highest BCUT2D eigenvalue weighted by Crippen LogP contribution is 2.19. The monoisotopic (exact) mass is 404 g/mol. The number of nitrogens with one attached hydrogen (secondary N) is 2. The maximum Gasteiger partial charge on any atom is 0.401 e. The number of alkyl halides is 3. The third-order valence-corrected chi connectivity index (χ3v) is 4.27. The molecule has 0 amide bonds. The van der Waals surface area contributed by atoms with Gasteiger partial charge in [0, 0.05) is 32.2 Å². The summed E-state index contributed by atoms with van der Waals surface area (Å²) in [5.41, 5.74) is 0. The molecule has 1 unspecified atom stereocenters. The Morgan fingerprint density at radius 2 is 2.00 bits per heavy atom. The zero-order valence-electron chi connectivity index (χ0n) is 16.1. The maximum absolute atomic E-state index is 12.8. The quantitative estimate of drug-likeness (QED) is 0.287. The summed E-state index contributed by atoms with van der Waals surface area (Å²) in [4.78, 5) is 5.89. The predicted molar refractivity (Wildman–Crippen MR) is 101 cm³/mol. The van der Waals surface area contributed by atoms with E-state index in [4.69, 9.17) is 4.74 Å². The highest BCUT2D eigenvalue weighted by atomic mass is 19.4. The number of benzene rings is 1. The van der Waals surface area contributed by atoms with Crippen molar-refractivity contribution in [2.75, 3.05) is 39.3 Å². The lowest BCUT2D eigenvalue weighted by Gasteiger charge is -2.19. The van der Waals surface area contributed by atoms with Gasteiger partial charge in [0.1, 0.15) is 11.6 Å². The Balaban J connectivity index is 1.66. The minimum Gasteiger partial charge on any atom is -0.494 e. The molecule has 1 fully saturated rings. The van der Waals surface area contributed by atoms with Gasteiger partial charge in [-0.05, 0) is 50.5 Å². The molecule has 2 rings (SSSR count). The van der Waals surface area contributed by atoms with Gasteiger partial charge in [-0.2, -0.15) is 13.2 Å².